The Kier molecular flexibility index (Phi) is 4.58. The summed E-state index contributed by atoms with van der Waals surface area (Å²) in [5, 5.41) is 6.30. The number of hydrogen-bond donors (Lipinski definition) is 1. The Morgan fingerprint density at radius 3 is 2.79 bits per heavy atom. The van der Waals surface area contributed by atoms with E-state index in [0.29, 0.717) is 11.9 Å². The molecule has 0 fully saturated rings. The maximum Gasteiger partial charge on any atom is 0.225 e. The van der Waals surface area contributed by atoms with Gasteiger partial charge in [-0.15, -0.1) is 11.3 Å². The van der Waals surface area contributed by atoms with Crippen molar-refractivity contribution in [1.82, 2.24) is 9.97 Å². The van der Waals surface area contributed by atoms with Gasteiger partial charge in [0.2, 0.25) is 5.95 Å². The van der Waals surface area contributed by atoms with Gasteiger partial charge in [0.05, 0.1) is 5.39 Å². The van der Waals surface area contributed by atoms with Gasteiger partial charge >= 0.3 is 0 Å². The zero-order valence-corrected chi connectivity index (χ0v) is 12.9. The molecule has 0 aliphatic rings. The van der Waals surface area contributed by atoms with E-state index in [0.717, 1.165) is 29.1 Å². The highest BCUT2D eigenvalue weighted by Gasteiger charge is 2.15. The molecule has 0 saturated heterocycles. The monoisotopic (exact) mass is 278 g/mol. The zero-order chi connectivity index (χ0) is 13.8. The van der Waals surface area contributed by atoms with Crippen molar-refractivity contribution in [2.45, 2.75) is 27.2 Å². The summed E-state index contributed by atoms with van der Waals surface area (Å²) in [4.78, 5) is 12.6. The molecule has 104 valence electrons. The van der Waals surface area contributed by atoms with Crippen LogP contribution < -0.4 is 10.2 Å². The van der Waals surface area contributed by atoms with E-state index < -0.39 is 0 Å². The standard InChI is InChI=1S/C14H22N4S/c1-5-10(3)9-18(6-2)12-11-7-8-19-13(11)17-14(15-4)16-12/h7-8,10H,5-6,9H2,1-4H3,(H,15,16,17). The van der Waals surface area contributed by atoms with Crippen molar-refractivity contribution in [3.63, 3.8) is 0 Å². The molecule has 2 heterocycles. The molecule has 1 atom stereocenters. The molecule has 0 aromatic carbocycles. The predicted octanol–water partition coefficient (Wildman–Crippen LogP) is 3.61. The first-order valence-corrected chi connectivity index (χ1v) is 7.75. The smallest absolute Gasteiger partial charge is 0.225 e. The maximum absolute atomic E-state index is 4.66. The molecule has 0 aliphatic carbocycles. The summed E-state index contributed by atoms with van der Waals surface area (Å²) in [6.07, 6.45) is 1.19. The van der Waals surface area contributed by atoms with Crippen LogP contribution in [0.4, 0.5) is 11.8 Å². The molecule has 1 unspecified atom stereocenters. The second-order valence-electron chi connectivity index (χ2n) is 4.81. The van der Waals surface area contributed by atoms with E-state index in [1.54, 1.807) is 11.3 Å². The Bertz CT molecular complexity index is 537. The number of aromatic nitrogens is 2. The van der Waals surface area contributed by atoms with Crippen LogP contribution in [-0.4, -0.2) is 30.1 Å². The molecule has 2 rings (SSSR count). The second kappa shape index (κ2) is 6.19. The molecule has 1 N–H and O–H groups in total. The maximum atomic E-state index is 4.66. The number of fused-ring (bicyclic) bond motifs is 1. The Labute approximate surface area is 118 Å². The van der Waals surface area contributed by atoms with E-state index in [4.69, 9.17) is 0 Å². The summed E-state index contributed by atoms with van der Waals surface area (Å²) in [5.74, 6) is 2.42. The first-order valence-electron chi connectivity index (χ1n) is 6.87. The van der Waals surface area contributed by atoms with E-state index in [2.05, 4.69) is 52.4 Å². The average Bonchev–Trinajstić information content (AvgIpc) is 2.91. The summed E-state index contributed by atoms with van der Waals surface area (Å²) < 4.78 is 0. The third-order valence-electron chi connectivity index (χ3n) is 3.44. The van der Waals surface area contributed by atoms with E-state index in [1.165, 1.54) is 6.42 Å². The van der Waals surface area contributed by atoms with Gasteiger partial charge in [-0.3, -0.25) is 0 Å². The number of nitrogens with one attached hydrogen (secondary N) is 1. The average molecular weight is 278 g/mol. The third kappa shape index (κ3) is 2.97. The normalized spacial score (nSPS) is 12.6. The van der Waals surface area contributed by atoms with Crippen molar-refractivity contribution < 1.29 is 0 Å². The van der Waals surface area contributed by atoms with Crippen LogP contribution >= 0.6 is 11.3 Å². The van der Waals surface area contributed by atoms with Crippen molar-refractivity contribution in [3.8, 4) is 0 Å². The Hall–Kier alpha value is -1.36. The Morgan fingerprint density at radius 1 is 1.37 bits per heavy atom. The van der Waals surface area contributed by atoms with Crippen molar-refractivity contribution >= 4 is 33.3 Å². The lowest BCUT2D eigenvalue weighted by molar-refractivity contribution is 0.546. The van der Waals surface area contributed by atoms with E-state index in [-0.39, 0.29) is 0 Å². The van der Waals surface area contributed by atoms with Crippen molar-refractivity contribution in [2.75, 3.05) is 30.4 Å². The van der Waals surface area contributed by atoms with Gasteiger partial charge in [0.1, 0.15) is 10.6 Å². The fraction of sp³-hybridized carbons (Fsp3) is 0.571. The third-order valence-corrected chi connectivity index (χ3v) is 4.25. The van der Waals surface area contributed by atoms with Crippen LogP contribution in [0.25, 0.3) is 10.2 Å². The number of thiophene rings is 1. The lowest BCUT2D eigenvalue weighted by Gasteiger charge is -2.26. The van der Waals surface area contributed by atoms with E-state index >= 15 is 0 Å². The van der Waals surface area contributed by atoms with Crippen LogP contribution in [-0.2, 0) is 0 Å². The molecule has 0 bridgehead atoms. The minimum absolute atomic E-state index is 0.668. The molecule has 2 aromatic rings. The molecule has 0 radical (unpaired) electrons. The minimum atomic E-state index is 0.668. The van der Waals surface area contributed by atoms with Crippen molar-refractivity contribution in [1.29, 1.82) is 0 Å². The highest BCUT2D eigenvalue weighted by molar-refractivity contribution is 7.16. The molecular weight excluding hydrogens is 256 g/mol. The number of nitrogens with zero attached hydrogens (tertiary/aromatic N) is 3. The number of rotatable bonds is 6. The van der Waals surface area contributed by atoms with Crippen LogP contribution in [0.2, 0.25) is 0 Å². The van der Waals surface area contributed by atoms with Gasteiger partial charge in [-0.25, -0.2) is 4.98 Å². The van der Waals surface area contributed by atoms with E-state index in [9.17, 15) is 0 Å². The zero-order valence-electron chi connectivity index (χ0n) is 12.1. The SMILES string of the molecule is CCC(C)CN(CC)c1nc(NC)nc2sccc12. The quantitative estimate of drug-likeness (QED) is 0.876. The highest BCUT2D eigenvalue weighted by atomic mass is 32.1. The van der Waals surface area contributed by atoms with Crippen LogP contribution in [0.15, 0.2) is 11.4 Å². The summed E-state index contributed by atoms with van der Waals surface area (Å²) in [7, 11) is 1.86. The molecule has 4 nitrogen and oxygen atoms in total. The van der Waals surface area contributed by atoms with Gasteiger partial charge in [-0.1, -0.05) is 20.3 Å². The van der Waals surface area contributed by atoms with Crippen molar-refractivity contribution in [3.05, 3.63) is 11.4 Å². The minimum Gasteiger partial charge on any atom is -0.357 e. The topological polar surface area (TPSA) is 41.1 Å². The molecule has 5 heteroatoms. The van der Waals surface area contributed by atoms with Gasteiger partial charge in [-0.05, 0) is 24.3 Å². The van der Waals surface area contributed by atoms with Gasteiger partial charge in [-0.2, -0.15) is 4.98 Å². The molecule has 2 aromatic heterocycles. The summed E-state index contributed by atoms with van der Waals surface area (Å²) >= 11 is 1.67. The second-order valence-corrected chi connectivity index (χ2v) is 5.71. The molecular formula is C14H22N4S. The van der Waals surface area contributed by atoms with Gasteiger partial charge in [0.15, 0.2) is 0 Å². The molecule has 0 saturated carbocycles. The van der Waals surface area contributed by atoms with Crippen LogP contribution in [0, 0.1) is 5.92 Å². The van der Waals surface area contributed by atoms with Gasteiger partial charge in [0.25, 0.3) is 0 Å². The molecule has 0 amide bonds. The summed E-state index contributed by atoms with van der Waals surface area (Å²) in [6, 6.07) is 2.12. The van der Waals surface area contributed by atoms with Gasteiger partial charge in [0, 0.05) is 20.1 Å². The lowest BCUT2D eigenvalue weighted by Crippen LogP contribution is -2.29. The van der Waals surface area contributed by atoms with Crippen LogP contribution in [0.3, 0.4) is 0 Å². The first kappa shape index (κ1) is 14.1. The Balaban J connectivity index is 2.42. The number of hydrogen-bond acceptors (Lipinski definition) is 5. The van der Waals surface area contributed by atoms with Gasteiger partial charge < -0.3 is 10.2 Å². The lowest BCUT2D eigenvalue weighted by atomic mass is 10.1. The number of anilines is 2. The molecule has 19 heavy (non-hydrogen) atoms. The summed E-state index contributed by atoms with van der Waals surface area (Å²) in [6.45, 7) is 8.71. The first-order chi connectivity index (χ1) is 9.19. The highest BCUT2D eigenvalue weighted by Crippen LogP contribution is 2.29. The molecule has 0 spiro atoms. The Morgan fingerprint density at radius 2 is 2.16 bits per heavy atom. The fourth-order valence-electron chi connectivity index (χ4n) is 2.06. The fourth-order valence-corrected chi connectivity index (χ4v) is 2.82. The summed E-state index contributed by atoms with van der Waals surface area (Å²) in [5.41, 5.74) is 0. The van der Waals surface area contributed by atoms with Crippen LogP contribution in [0.1, 0.15) is 27.2 Å². The largest absolute Gasteiger partial charge is 0.357 e. The molecule has 0 aliphatic heterocycles. The van der Waals surface area contributed by atoms with Crippen LogP contribution in [0.5, 0.6) is 0 Å². The van der Waals surface area contributed by atoms with E-state index in [1.807, 2.05) is 7.05 Å². The van der Waals surface area contributed by atoms with Crippen molar-refractivity contribution in [2.24, 2.45) is 5.92 Å². The predicted molar refractivity (Wildman–Crippen MR) is 84.3 cm³/mol.